The van der Waals surface area contributed by atoms with Crippen LogP contribution in [0.2, 0.25) is 0 Å². The molecule has 0 aromatic heterocycles. The highest BCUT2D eigenvalue weighted by Crippen LogP contribution is 2.07. The Morgan fingerprint density at radius 1 is 1.11 bits per heavy atom. The van der Waals surface area contributed by atoms with E-state index in [1.165, 1.54) is 24.1 Å². The Labute approximate surface area is 183 Å². The van der Waals surface area contributed by atoms with Crippen molar-refractivity contribution in [1.29, 1.82) is 0 Å². The summed E-state index contributed by atoms with van der Waals surface area (Å²) in [4.78, 5) is 7.20. The fourth-order valence-electron chi connectivity index (χ4n) is 2.86. The van der Waals surface area contributed by atoms with Gasteiger partial charge in [-0.15, -0.1) is 24.0 Å². The fraction of sp³-hybridized carbons (Fsp3) is 0.667. The number of guanidine groups is 1. The summed E-state index contributed by atoms with van der Waals surface area (Å²) in [6.07, 6.45) is 2.35. The highest BCUT2D eigenvalue weighted by molar-refractivity contribution is 14.0. The van der Waals surface area contributed by atoms with E-state index in [2.05, 4.69) is 67.5 Å². The molecule has 1 unspecified atom stereocenters. The molecule has 1 aromatic carbocycles. The summed E-state index contributed by atoms with van der Waals surface area (Å²) in [5.74, 6) is 0.892. The van der Waals surface area contributed by atoms with E-state index >= 15 is 0 Å². The van der Waals surface area contributed by atoms with Crippen LogP contribution in [0.25, 0.3) is 0 Å². The lowest BCUT2D eigenvalue weighted by atomic mass is 10.1. The molecule has 5 nitrogen and oxygen atoms in total. The van der Waals surface area contributed by atoms with E-state index < -0.39 is 0 Å². The average Bonchev–Trinajstić information content (AvgIpc) is 2.65. The number of hydrogen-bond acceptors (Lipinski definition) is 3. The zero-order chi connectivity index (χ0) is 19.2. The molecule has 0 saturated heterocycles. The van der Waals surface area contributed by atoms with Crippen LogP contribution >= 0.6 is 24.0 Å². The minimum Gasteiger partial charge on any atom is -0.380 e. The second-order valence-electron chi connectivity index (χ2n) is 6.66. The van der Waals surface area contributed by atoms with Gasteiger partial charge in [0.25, 0.3) is 0 Å². The van der Waals surface area contributed by atoms with Gasteiger partial charge in [0, 0.05) is 19.7 Å². The normalized spacial score (nSPS) is 12.6. The molecule has 0 amide bonds. The van der Waals surface area contributed by atoms with Crippen molar-refractivity contribution in [3.05, 3.63) is 35.4 Å². The smallest absolute Gasteiger partial charge is 0.191 e. The van der Waals surface area contributed by atoms with Crippen molar-refractivity contribution in [3.8, 4) is 0 Å². The van der Waals surface area contributed by atoms with Crippen molar-refractivity contribution >= 4 is 29.9 Å². The van der Waals surface area contributed by atoms with Crippen LogP contribution in [0.3, 0.4) is 0 Å². The van der Waals surface area contributed by atoms with Gasteiger partial charge < -0.3 is 20.3 Å². The number of nitrogens with one attached hydrogen (secondary N) is 2. The molecule has 156 valence electrons. The summed E-state index contributed by atoms with van der Waals surface area (Å²) >= 11 is 0. The standard InChI is InChI=1S/C21H38N4O.HI/c1-6-22-21(24-18(4)10-9-15-25(7-2)8-3)23-16-19-11-13-20(14-12-19)17-26-5;/h11-14,18H,6-10,15-17H2,1-5H3,(H2,22,23,24);1H. The van der Waals surface area contributed by atoms with E-state index in [1.807, 2.05) is 0 Å². The number of hydrogen-bond donors (Lipinski definition) is 2. The molecule has 0 saturated carbocycles. The van der Waals surface area contributed by atoms with Gasteiger partial charge in [-0.1, -0.05) is 38.1 Å². The third-order valence-electron chi connectivity index (χ3n) is 4.49. The van der Waals surface area contributed by atoms with Crippen LogP contribution in [-0.2, 0) is 17.9 Å². The number of methoxy groups -OCH3 is 1. The zero-order valence-electron chi connectivity index (χ0n) is 17.8. The van der Waals surface area contributed by atoms with E-state index in [4.69, 9.17) is 9.73 Å². The SMILES string of the molecule is CCNC(=NCc1ccc(COC)cc1)NC(C)CCCN(CC)CC.I. The Morgan fingerprint density at radius 2 is 1.74 bits per heavy atom. The second-order valence-corrected chi connectivity index (χ2v) is 6.66. The van der Waals surface area contributed by atoms with E-state index in [0.29, 0.717) is 19.2 Å². The first-order valence-electron chi connectivity index (χ1n) is 9.96. The first-order valence-corrected chi connectivity index (χ1v) is 9.96. The molecule has 27 heavy (non-hydrogen) atoms. The molecule has 2 N–H and O–H groups in total. The van der Waals surface area contributed by atoms with Crippen molar-refractivity contribution in [2.45, 2.75) is 59.7 Å². The predicted octanol–water partition coefficient (Wildman–Crippen LogP) is 4.02. The number of rotatable bonds is 12. The molecule has 0 fully saturated rings. The number of halogens is 1. The van der Waals surface area contributed by atoms with Crippen molar-refractivity contribution < 1.29 is 4.74 Å². The van der Waals surface area contributed by atoms with E-state index in [1.54, 1.807) is 7.11 Å². The molecule has 1 atom stereocenters. The minimum absolute atomic E-state index is 0. The lowest BCUT2D eigenvalue weighted by Crippen LogP contribution is -2.42. The summed E-state index contributed by atoms with van der Waals surface area (Å²) in [6, 6.07) is 8.85. The minimum atomic E-state index is 0. The van der Waals surface area contributed by atoms with Gasteiger partial charge in [-0.25, -0.2) is 4.99 Å². The molecule has 0 heterocycles. The lowest BCUT2D eigenvalue weighted by Gasteiger charge is -2.21. The molecular formula is C21H39IN4O. The van der Waals surface area contributed by atoms with Crippen LogP contribution in [0, 0.1) is 0 Å². The van der Waals surface area contributed by atoms with E-state index in [-0.39, 0.29) is 24.0 Å². The maximum absolute atomic E-state index is 5.15. The van der Waals surface area contributed by atoms with Crippen LogP contribution in [0.1, 0.15) is 51.7 Å². The van der Waals surface area contributed by atoms with Gasteiger partial charge in [0.2, 0.25) is 0 Å². The van der Waals surface area contributed by atoms with Crippen molar-refractivity contribution in [1.82, 2.24) is 15.5 Å². The van der Waals surface area contributed by atoms with Crippen LogP contribution in [0.15, 0.2) is 29.3 Å². The first kappa shape index (κ1) is 26.1. The molecule has 0 aliphatic rings. The Kier molecular flexibility index (Phi) is 15.6. The van der Waals surface area contributed by atoms with Crippen molar-refractivity contribution in [3.63, 3.8) is 0 Å². The van der Waals surface area contributed by atoms with Gasteiger partial charge in [-0.3, -0.25) is 0 Å². The Hall–Kier alpha value is -0.860. The number of ether oxygens (including phenoxy) is 1. The van der Waals surface area contributed by atoms with E-state index in [9.17, 15) is 0 Å². The fourth-order valence-corrected chi connectivity index (χ4v) is 2.86. The molecule has 0 aliphatic carbocycles. The summed E-state index contributed by atoms with van der Waals surface area (Å²) < 4.78 is 5.15. The second kappa shape index (κ2) is 16.1. The summed E-state index contributed by atoms with van der Waals surface area (Å²) in [6.45, 7) is 14.4. The van der Waals surface area contributed by atoms with Gasteiger partial charge in [0.05, 0.1) is 13.2 Å². The van der Waals surface area contributed by atoms with Crippen LogP contribution in [0.4, 0.5) is 0 Å². The largest absolute Gasteiger partial charge is 0.380 e. The van der Waals surface area contributed by atoms with Crippen molar-refractivity contribution in [2.75, 3.05) is 33.3 Å². The topological polar surface area (TPSA) is 48.9 Å². The highest BCUT2D eigenvalue weighted by Gasteiger charge is 2.06. The van der Waals surface area contributed by atoms with Gasteiger partial charge >= 0.3 is 0 Å². The Bertz CT molecular complexity index is 503. The van der Waals surface area contributed by atoms with Gasteiger partial charge in [-0.05, 0) is 57.5 Å². The number of aliphatic imine (C=N–C) groups is 1. The third-order valence-corrected chi connectivity index (χ3v) is 4.49. The average molecular weight is 490 g/mol. The molecule has 0 aliphatic heterocycles. The predicted molar refractivity (Wildman–Crippen MR) is 127 cm³/mol. The Morgan fingerprint density at radius 3 is 2.30 bits per heavy atom. The Balaban J connectivity index is 0.00000676. The molecule has 1 rings (SSSR count). The van der Waals surface area contributed by atoms with Gasteiger partial charge in [0.1, 0.15) is 0 Å². The molecular weight excluding hydrogens is 451 g/mol. The quantitative estimate of drug-likeness (QED) is 0.264. The summed E-state index contributed by atoms with van der Waals surface area (Å²) in [7, 11) is 1.72. The van der Waals surface area contributed by atoms with Gasteiger partial charge in [-0.2, -0.15) is 0 Å². The molecule has 6 heteroatoms. The molecule has 0 radical (unpaired) electrons. The first-order chi connectivity index (χ1) is 12.6. The molecule has 1 aromatic rings. The summed E-state index contributed by atoms with van der Waals surface area (Å²) in [5, 5.41) is 6.88. The molecule has 0 spiro atoms. The molecule has 0 bridgehead atoms. The number of nitrogens with zero attached hydrogens (tertiary/aromatic N) is 2. The summed E-state index contributed by atoms with van der Waals surface area (Å²) in [5.41, 5.74) is 2.39. The zero-order valence-corrected chi connectivity index (χ0v) is 20.1. The maximum Gasteiger partial charge on any atom is 0.191 e. The third kappa shape index (κ3) is 11.5. The highest BCUT2D eigenvalue weighted by atomic mass is 127. The van der Waals surface area contributed by atoms with Gasteiger partial charge in [0.15, 0.2) is 5.96 Å². The van der Waals surface area contributed by atoms with Crippen LogP contribution < -0.4 is 10.6 Å². The maximum atomic E-state index is 5.15. The monoisotopic (exact) mass is 490 g/mol. The van der Waals surface area contributed by atoms with Crippen LogP contribution in [0.5, 0.6) is 0 Å². The van der Waals surface area contributed by atoms with Crippen LogP contribution in [-0.4, -0.2) is 50.2 Å². The lowest BCUT2D eigenvalue weighted by molar-refractivity contribution is 0.185. The van der Waals surface area contributed by atoms with Crippen molar-refractivity contribution in [2.24, 2.45) is 4.99 Å². The van der Waals surface area contributed by atoms with E-state index in [0.717, 1.165) is 32.0 Å². The number of benzene rings is 1.